The van der Waals surface area contributed by atoms with E-state index in [4.69, 9.17) is 12.6 Å². The van der Waals surface area contributed by atoms with Crippen LogP contribution in [-0.4, -0.2) is 14.4 Å². The highest BCUT2D eigenvalue weighted by atomic mass is 19.2. The van der Waals surface area contributed by atoms with Gasteiger partial charge in [0, 0.05) is 12.1 Å². The molecule has 1 nitrogen and oxygen atoms in total. The Morgan fingerprint density at radius 3 is 2.12 bits per heavy atom. The normalized spacial score (nSPS) is 18.3. The third kappa shape index (κ3) is 5.13. The van der Waals surface area contributed by atoms with E-state index in [-0.39, 0.29) is 23.6 Å². The van der Waals surface area contributed by atoms with Crippen LogP contribution < -0.4 is 4.74 Å². The maximum absolute atomic E-state index is 15.0. The highest BCUT2D eigenvalue weighted by Gasteiger charge is 2.24. The summed E-state index contributed by atoms with van der Waals surface area (Å²) < 4.78 is 48.6. The molecule has 33 heavy (non-hydrogen) atoms. The summed E-state index contributed by atoms with van der Waals surface area (Å²) in [5.41, 5.74) is 3.04. The van der Waals surface area contributed by atoms with E-state index in [2.05, 4.69) is 6.92 Å². The standard InChI is InChI=1S/C28H28BF3O/c1-2-3-18-4-6-20(7-5-18)23-13-12-22(16-25(23)30)19-8-10-21(11-9-19)24-14-15-26(33-17-29)28(32)27(24)31/h8-16,18,20H,2-7,17H2,1H3. The summed E-state index contributed by atoms with van der Waals surface area (Å²) in [4.78, 5) is 0. The Bertz CT molecular complexity index is 1090. The van der Waals surface area contributed by atoms with Crippen molar-refractivity contribution in [2.75, 3.05) is 6.51 Å². The predicted molar refractivity (Wildman–Crippen MR) is 128 cm³/mol. The van der Waals surface area contributed by atoms with Gasteiger partial charge in [-0.05, 0) is 78.0 Å². The molecule has 2 radical (unpaired) electrons. The molecule has 0 spiro atoms. The van der Waals surface area contributed by atoms with Crippen LogP contribution in [0.3, 0.4) is 0 Å². The zero-order valence-corrected chi connectivity index (χ0v) is 18.9. The van der Waals surface area contributed by atoms with Crippen molar-refractivity contribution < 1.29 is 17.9 Å². The van der Waals surface area contributed by atoms with Crippen LogP contribution in [0.1, 0.15) is 56.9 Å². The zero-order valence-electron chi connectivity index (χ0n) is 18.9. The van der Waals surface area contributed by atoms with Gasteiger partial charge >= 0.3 is 0 Å². The number of hydrogen-bond acceptors (Lipinski definition) is 1. The summed E-state index contributed by atoms with van der Waals surface area (Å²) in [6.07, 6.45) is 6.94. The number of halogens is 3. The van der Waals surface area contributed by atoms with Crippen molar-refractivity contribution in [1.82, 2.24) is 0 Å². The van der Waals surface area contributed by atoms with E-state index in [9.17, 15) is 13.2 Å². The Hall–Kier alpha value is -2.69. The summed E-state index contributed by atoms with van der Waals surface area (Å²) in [6, 6.07) is 15.3. The number of hydrogen-bond donors (Lipinski definition) is 0. The van der Waals surface area contributed by atoms with Crippen LogP contribution in [0.5, 0.6) is 5.75 Å². The highest BCUT2D eigenvalue weighted by molar-refractivity contribution is 6.08. The maximum atomic E-state index is 15.0. The molecule has 170 valence electrons. The van der Waals surface area contributed by atoms with E-state index in [1.165, 1.54) is 37.8 Å². The van der Waals surface area contributed by atoms with E-state index in [0.29, 0.717) is 11.5 Å². The second-order valence-electron chi connectivity index (χ2n) is 8.87. The maximum Gasteiger partial charge on any atom is 0.201 e. The molecule has 3 aromatic carbocycles. The molecule has 0 aliphatic heterocycles. The molecule has 5 heteroatoms. The van der Waals surface area contributed by atoms with Gasteiger partial charge in [0.15, 0.2) is 11.6 Å². The van der Waals surface area contributed by atoms with Gasteiger partial charge in [-0.25, -0.2) is 8.78 Å². The number of benzene rings is 3. The Labute approximate surface area is 195 Å². The van der Waals surface area contributed by atoms with Gasteiger partial charge in [0.25, 0.3) is 0 Å². The van der Waals surface area contributed by atoms with Gasteiger partial charge in [-0.1, -0.05) is 56.2 Å². The van der Waals surface area contributed by atoms with Gasteiger partial charge in [0.1, 0.15) is 13.7 Å². The quantitative estimate of drug-likeness (QED) is 0.333. The third-order valence-electron chi connectivity index (χ3n) is 6.80. The fourth-order valence-corrected chi connectivity index (χ4v) is 5.01. The minimum absolute atomic E-state index is 0.128. The summed E-state index contributed by atoms with van der Waals surface area (Å²) in [5.74, 6) is -1.36. The van der Waals surface area contributed by atoms with Gasteiger partial charge < -0.3 is 4.74 Å². The Balaban J connectivity index is 1.51. The Morgan fingerprint density at radius 1 is 0.818 bits per heavy atom. The molecule has 4 rings (SSSR count). The molecule has 3 aromatic rings. The predicted octanol–water partition coefficient (Wildman–Crippen LogP) is 8.02. The van der Waals surface area contributed by atoms with Crippen molar-refractivity contribution >= 4 is 7.85 Å². The fraction of sp³-hybridized carbons (Fsp3) is 0.357. The molecule has 1 saturated carbocycles. The second-order valence-corrected chi connectivity index (χ2v) is 8.87. The van der Waals surface area contributed by atoms with Gasteiger partial charge in [-0.2, -0.15) is 4.39 Å². The molecule has 0 N–H and O–H groups in total. The van der Waals surface area contributed by atoms with Crippen LogP contribution in [0.4, 0.5) is 13.2 Å². The van der Waals surface area contributed by atoms with Crippen LogP contribution in [0.25, 0.3) is 22.3 Å². The van der Waals surface area contributed by atoms with Crippen LogP contribution in [0, 0.1) is 23.4 Å². The summed E-state index contributed by atoms with van der Waals surface area (Å²) in [6.45, 7) is 1.99. The van der Waals surface area contributed by atoms with Crippen molar-refractivity contribution in [1.29, 1.82) is 0 Å². The Morgan fingerprint density at radius 2 is 1.48 bits per heavy atom. The lowest BCUT2D eigenvalue weighted by Crippen LogP contribution is -2.14. The van der Waals surface area contributed by atoms with E-state index in [1.54, 1.807) is 30.3 Å². The van der Waals surface area contributed by atoms with E-state index in [1.807, 2.05) is 12.1 Å². The lowest BCUT2D eigenvalue weighted by molar-refractivity contribution is 0.304. The minimum atomic E-state index is -1.07. The number of ether oxygens (including phenoxy) is 1. The van der Waals surface area contributed by atoms with Crippen molar-refractivity contribution in [3.63, 3.8) is 0 Å². The first-order chi connectivity index (χ1) is 16.0. The zero-order chi connectivity index (χ0) is 23.4. The van der Waals surface area contributed by atoms with Crippen molar-refractivity contribution in [3.05, 3.63) is 77.6 Å². The van der Waals surface area contributed by atoms with Gasteiger partial charge in [0.2, 0.25) is 5.82 Å². The molecule has 0 aromatic heterocycles. The topological polar surface area (TPSA) is 9.23 Å². The van der Waals surface area contributed by atoms with Gasteiger partial charge in [-0.15, -0.1) is 0 Å². The van der Waals surface area contributed by atoms with Crippen LogP contribution in [0.15, 0.2) is 54.6 Å². The van der Waals surface area contributed by atoms with Crippen LogP contribution in [-0.2, 0) is 0 Å². The fourth-order valence-electron chi connectivity index (χ4n) is 5.01. The summed E-state index contributed by atoms with van der Waals surface area (Å²) in [7, 11) is 5.24. The van der Waals surface area contributed by atoms with E-state index in [0.717, 1.165) is 35.4 Å². The highest BCUT2D eigenvalue weighted by Crippen LogP contribution is 2.39. The largest absolute Gasteiger partial charge is 0.500 e. The summed E-state index contributed by atoms with van der Waals surface area (Å²) >= 11 is 0. The minimum Gasteiger partial charge on any atom is -0.500 e. The first kappa shape index (κ1) is 23.5. The first-order valence-corrected chi connectivity index (χ1v) is 11.7. The summed E-state index contributed by atoms with van der Waals surface area (Å²) in [5, 5.41) is 0. The molecule has 0 atom stereocenters. The van der Waals surface area contributed by atoms with Crippen LogP contribution in [0.2, 0.25) is 0 Å². The first-order valence-electron chi connectivity index (χ1n) is 11.7. The SMILES string of the molecule is [B]COc1ccc(-c2ccc(-c3ccc(C4CCC(CCC)CC4)c(F)c3)cc2)c(F)c1F. The van der Waals surface area contributed by atoms with E-state index < -0.39 is 11.6 Å². The molecule has 0 heterocycles. The lowest BCUT2D eigenvalue weighted by atomic mass is 9.77. The molecule has 0 saturated heterocycles. The van der Waals surface area contributed by atoms with Crippen molar-refractivity contribution in [2.24, 2.45) is 5.92 Å². The lowest BCUT2D eigenvalue weighted by Gasteiger charge is -2.29. The molecular formula is C28H28BF3O. The smallest absolute Gasteiger partial charge is 0.201 e. The van der Waals surface area contributed by atoms with Crippen molar-refractivity contribution in [2.45, 2.75) is 51.4 Å². The average molecular weight is 448 g/mol. The molecule has 0 unspecified atom stereocenters. The monoisotopic (exact) mass is 448 g/mol. The Kier molecular flexibility index (Phi) is 7.47. The molecule has 1 aliphatic carbocycles. The molecule has 1 aliphatic rings. The van der Waals surface area contributed by atoms with Gasteiger partial charge in [0.05, 0.1) is 0 Å². The number of rotatable bonds is 7. The molecule has 0 amide bonds. The molecule has 1 fully saturated rings. The second kappa shape index (κ2) is 10.5. The molecular weight excluding hydrogens is 420 g/mol. The average Bonchev–Trinajstić information content (AvgIpc) is 2.83. The third-order valence-corrected chi connectivity index (χ3v) is 6.80. The van der Waals surface area contributed by atoms with E-state index >= 15 is 0 Å². The van der Waals surface area contributed by atoms with Crippen LogP contribution >= 0.6 is 0 Å². The van der Waals surface area contributed by atoms with Gasteiger partial charge in [-0.3, -0.25) is 0 Å². The van der Waals surface area contributed by atoms with Crippen molar-refractivity contribution in [3.8, 4) is 28.0 Å². The molecule has 0 bridgehead atoms.